The van der Waals surface area contributed by atoms with Gasteiger partial charge in [0.1, 0.15) is 11.6 Å². The molecule has 9 nitrogen and oxygen atoms in total. The van der Waals surface area contributed by atoms with Crippen molar-refractivity contribution in [2.75, 3.05) is 0 Å². The molecule has 0 saturated heterocycles. The molecule has 0 aliphatic rings. The predicted octanol–water partition coefficient (Wildman–Crippen LogP) is 1.12. The van der Waals surface area contributed by atoms with Crippen LogP contribution in [0.4, 0.5) is 0 Å². The quantitative estimate of drug-likeness (QED) is 0.614. The van der Waals surface area contributed by atoms with Gasteiger partial charge in [0.25, 0.3) is 0 Å². The largest absolute Gasteiger partial charge is 0.492 e. The molecule has 3 N–H and O–H groups in total. The molecule has 26 heavy (non-hydrogen) atoms. The van der Waals surface area contributed by atoms with Gasteiger partial charge in [0.05, 0.1) is 6.42 Å². The Morgan fingerprint density at radius 2 is 1.65 bits per heavy atom. The maximum Gasteiger partial charge on any atom is 0.333 e. The Kier molecular flexibility index (Phi) is 7.05. The number of esters is 1. The van der Waals surface area contributed by atoms with Crippen molar-refractivity contribution < 1.29 is 34.2 Å². The van der Waals surface area contributed by atoms with Gasteiger partial charge in [-0.3, -0.25) is 4.79 Å². The molecule has 0 unspecified atom stereocenters. The first-order valence-corrected chi connectivity index (χ1v) is 8.23. The van der Waals surface area contributed by atoms with Crippen molar-refractivity contribution in [1.82, 2.24) is 10.0 Å². The van der Waals surface area contributed by atoms with E-state index < -0.39 is 41.2 Å². The Bertz CT molecular complexity index is 639. The molecule has 0 aliphatic carbocycles. The van der Waals surface area contributed by atoms with E-state index in [9.17, 15) is 24.6 Å². The van der Waals surface area contributed by atoms with Crippen molar-refractivity contribution in [1.29, 1.82) is 0 Å². The third-order valence-corrected chi connectivity index (χ3v) is 3.19. The number of nitrogens with zero attached hydrogens (tertiary/aromatic N) is 1. The Hall–Kier alpha value is -2.71. The number of ether oxygens (including phenoxy) is 1. The zero-order valence-corrected chi connectivity index (χ0v) is 15.6. The highest BCUT2D eigenvalue weighted by atomic mass is 16.7. The molecule has 0 spiro atoms. The summed E-state index contributed by atoms with van der Waals surface area (Å²) < 4.78 is 5.82. The van der Waals surface area contributed by atoms with E-state index in [1.54, 1.807) is 34.6 Å². The van der Waals surface area contributed by atoms with Gasteiger partial charge in [-0.15, -0.1) is 4.73 Å². The highest BCUT2D eigenvalue weighted by Crippen LogP contribution is 2.19. The fraction of sp³-hybridized carbons (Fsp3) is 0.588. The second-order valence-electron chi connectivity index (χ2n) is 7.13. The molecule has 146 valence electrons. The van der Waals surface area contributed by atoms with Gasteiger partial charge < -0.3 is 25.1 Å². The summed E-state index contributed by atoms with van der Waals surface area (Å²) >= 11 is 0. The van der Waals surface area contributed by atoms with Gasteiger partial charge in [0, 0.05) is 18.6 Å². The molecule has 1 heterocycles. The number of carbonyl (C=O) groups is 3. The summed E-state index contributed by atoms with van der Waals surface area (Å²) in [5.74, 6) is -3.01. The molecule has 0 radical (unpaired) electrons. The van der Waals surface area contributed by atoms with E-state index in [1.807, 2.05) is 0 Å². The first-order valence-electron chi connectivity index (χ1n) is 8.23. The highest BCUT2D eigenvalue weighted by molar-refractivity contribution is 5.86. The number of aromatic nitrogens is 1. The van der Waals surface area contributed by atoms with E-state index in [2.05, 4.69) is 5.32 Å². The second-order valence-corrected chi connectivity index (χ2v) is 7.13. The molecule has 0 saturated carbocycles. The van der Waals surface area contributed by atoms with Crippen LogP contribution in [0.1, 0.15) is 47.5 Å². The minimum atomic E-state index is -0.838. The molecular formula is C17H26N2O7. The molecule has 1 rings (SSSR count). The average molecular weight is 370 g/mol. The lowest BCUT2D eigenvalue weighted by Crippen LogP contribution is -2.47. The Balaban J connectivity index is 2.55. The van der Waals surface area contributed by atoms with E-state index in [1.165, 1.54) is 0 Å². The van der Waals surface area contributed by atoms with Crippen molar-refractivity contribution in [3.63, 3.8) is 0 Å². The highest BCUT2D eigenvalue weighted by Gasteiger charge is 2.29. The summed E-state index contributed by atoms with van der Waals surface area (Å²) in [5, 5.41) is 21.3. The van der Waals surface area contributed by atoms with Gasteiger partial charge in [-0.2, -0.15) is 0 Å². The number of carbonyl (C=O) groups excluding carboxylic acids is 3. The van der Waals surface area contributed by atoms with Crippen LogP contribution in [0.5, 0.6) is 11.8 Å². The van der Waals surface area contributed by atoms with Gasteiger partial charge in [-0.25, -0.2) is 9.59 Å². The fourth-order valence-electron chi connectivity index (χ4n) is 1.97. The number of rotatable bonds is 7. The summed E-state index contributed by atoms with van der Waals surface area (Å²) in [5.41, 5.74) is -0.681. The van der Waals surface area contributed by atoms with Crippen molar-refractivity contribution in [2.45, 2.75) is 59.1 Å². The molecule has 1 amide bonds. The molecule has 0 aromatic carbocycles. The van der Waals surface area contributed by atoms with Crippen LogP contribution in [0.15, 0.2) is 12.1 Å². The van der Waals surface area contributed by atoms with Crippen LogP contribution in [0.25, 0.3) is 0 Å². The minimum Gasteiger partial charge on any atom is -0.492 e. The lowest BCUT2D eigenvalue weighted by Gasteiger charge is -2.26. The Morgan fingerprint density at radius 3 is 2.12 bits per heavy atom. The second kappa shape index (κ2) is 8.59. The number of aromatic hydroxyl groups is 2. The summed E-state index contributed by atoms with van der Waals surface area (Å²) in [6, 6.07) is 1.45. The Labute approximate surface area is 151 Å². The van der Waals surface area contributed by atoms with E-state index in [0.717, 1.165) is 12.1 Å². The lowest BCUT2D eigenvalue weighted by atomic mass is 10.0. The minimum absolute atomic E-state index is 0.200. The third kappa shape index (κ3) is 6.66. The average Bonchev–Trinajstić information content (AvgIpc) is 2.80. The number of hydrogen-bond acceptors (Lipinski definition) is 7. The van der Waals surface area contributed by atoms with Gasteiger partial charge >= 0.3 is 11.9 Å². The first-order chi connectivity index (χ1) is 11.9. The molecule has 1 aromatic heterocycles. The summed E-state index contributed by atoms with van der Waals surface area (Å²) in [6.07, 6.45) is -0.532. The zero-order chi connectivity index (χ0) is 20.1. The van der Waals surface area contributed by atoms with Crippen LogP contribution in [-0.2, 0) is 19.1 Å². The molecule has 9 heteroatoms. The van der Waals surface area contributed by atoms with E-state index in [4.69, 9.17) is 9.57 Å². The number of hydrogen-bond donors (Lipinski definition) is 3. The van der Waals surface area contributed by atoms with Gasteiger partial charge in [0.15, 0.2) is 0 Å². The van der Waals surface area contributed by atoms with Crippen molar-refractivity contribution in [3.05, 3.63) is 12.1 Å². The van der Waals surface area contributed by atoms with Crippen molar-refractivity contribution in [2.24, 2.45) is 5.92 Å². The first kappa shape index (κ1) is 21.3. The van der Waals surface area contributed by atoms with Crippen molar-refractivity contribution in [3.8, 4) is 11.8 Å². The standard InChI is InChI=1S/C17H26N2O7/c1-10(2)15(16(24)25-17(3,4)5)18-11(20)6-9-14(23)26-19-12(21)7-8-13(19)22/h7-8,10,15,21-22H,6,9H2,1-5H3,(H,18,20)/t15-/m0/s1. The van der Waals surface area contributed by atoms with E-state index >= 15 is 0 Å². The van der Waals surface area contributed by atoms with Crippen LogP contribution >= 0.6 is 0 Å². The summed E-state index contributed by atoms with van der Waals surface area (Å²) in [7, 11) is 0. The van der Waals surface area contributed by atoms with E-state index in [0.29, 0.717) is 4.73 Å². The Morgan fingerprint density at radius 1 is 1.12 bits per heavy atom. The number of nitrogens with one attached hydrogen (secondary N) is 1. The topological polar surface area (TPSA) is 127 Å². The molecule has 1 atom stereocenters. The molecular weight excluding hydrogens is 344 g/mol. The van der Waals surface area contributed by atoms with Crippen LogP contribution in [0, 0.1) is 5.92 Å². The monoisotopic (exact) mass is 370 g/mol. The summed E-state index contributed by atoms with van der Waals surface area (Å²) in [6.45, 7) is 8.71. The zero-order valence-electron chi connectivity index (χ0n) is 15.6. The predicted molar refractivity (Wildman–Crippen MR) is 91.2 cm³/mol. The molecule has 0 bridgehead atoms. The third-order valence-electron chi connectivity index (χ3n) is 3.19. The molecule has 0 aliphatic heterocycles. The maximum atomic E-state index is 12.2. The van der Waals surface area contributed by atoms with Gasteiger partial charge in [-0.05, 0) is 26.7 Å². The fourth-order valence-corrected chi connectivity index (χ4v) is 1.97. The number of amides is 1. The SMILES string of the molecule is CC(C)[C@H](NC(=O)CCC(=O)On1c(O)ccc1O)C(=O)OC(C)(C)C. The maximum absolute atomic E-state index is 12.2. The lowest BCUT2D eigenvalue weighted by molar-refractivity contribution is -0.160. The van der Waals surface area contributed by atoms with E-state index in [-0.39, 0.29) is 18.8 Å². The molecule has 1 aromatic rings. The van der Waals surface area contributed by atoms with Gasteiger partial charge in [0.2, 0.25) is 17.7 Å². The van der Waals surface area contributed by atoms with Crippen LogP contribution in [0.3, 0.4) is 0 Å². The van der Waals surface area contributed by atoms with Crippen LogP contribution in [0.2, 0.25) is 0 Å². The summed E-state index contributed by atoms with van der Waals surface area (Å²) in [4.78, 5) is 40.7. The van der Waals surface area contributed by atoms with Crippen LogP contribution < -0.4 is 10.2 Å². The molecule has 0 fully saturated rings. The van der Waals surface area contributed by atoms with Gasteiger partial charge in [-0.1, -0.05) is 13.8 Å². The smallest absolute Gasteiger partial charge is 0.333 e. The van der Waals surface area contributed by atoms with Crippen LogP contribution in [-0.4, -0.2) is 44.4 Å². The normalized spacial score (nSPS) is 12.5. The van der Waals surface area contributed by atoms with Crippen molar-refractivity contribution >= 4 is 17.8 Å².